The van der Waals surface area contributed by atoms with Crippen molar-refractivity contribution < 1.29 is 27.8 Å². The molecule has 0 aromatic heterocycles. The minimum absolute atomic E-state index is 0.0501. The van der Waals surface area contributed by atoms with Gasteiger partial charge in [0, 0.05) is 6.54 Å². The van der Waals surface area contributed by atoms with Crippen molar-refractivity contribution in [1.29, 1.82) is 0 Å². The summed E-state index contributed by atoms with van der Waals surface area (Å²) >= 11 is 0. The number of methoxy groups -OCH3 is 1. The van der Waals surface area contributed by atoms with Crippen molar-refractivity contribution in [2.75, 3.05) is 26.0 Å². The van der Waals surface area contributed by atoms with E-state index >= 15 is 0 Å². The van der Waals surface area contributed by atoms with Crippen LogP contribution in [-0.2, 0) is 24.3 Å². The third-order valence-electron chi connectivity index (χ3n) is 1.77. The Morgan fingerprint density at radius 2 is 2.00 bits per heavy atom. The molecule has 0 aliphatic carbocycles. The topological polar surface area (TPSA) is 102 Å². The van der Waals surface area contributed by atoms with E-state index in [1.807, 2.05) is 0 Å². The lowest BCUT2D eigenvalue weighted by Gasteiger charge is -2.11. The normalized spacial score (nSPS) is 13.7. The molecule has 0 aromatic rings. The van der Waals surface area contributed by atoms with Gasteiger partial charge in [-0.3, -0.25) is 0 Å². The molecule has 0 saturated carbocycles. The van der Waals surface area contributed by atoms with Gasteiger partial charge in [0.15, 0.2) is 6.10 Å². The summed E-state index contributed by atoms with van der Waals surface area (Å²) < 4.78 is 34.2. The largest absolute Gasteiger partial charge is 0.467 e. The zero-order chi connectivity index (χ0) is 13.5. The number of rotatable bonds is 8. The summed E-state index contributed by atoms with van der Waals surface area (Å²) in [4.78, 5) is 10.8. The Balaban J connectivity index is 3.97. The van der Waals surface area contributed by atoms with E-state index in [0.29, 0.717) is 0 Å². The van der Waals surface area contributed by atoms with Gasteiger partial charge in [-0.1, -0.05) is 0 Å². The molecule has 7 nitrogen and oxygen atoms in total. The van der Waals surface area contributed by atoms with E-state index in [2.05, 4.69) is 9.46 Å². The maximum atomic E-state index is 11.4. The van der Waals surface area contributed by atoms with Crippen LogP contribution in [0.2, 0.25) is 0 Å². The van der Waals surface area contributed by atoms with Crippen molar-refractivity contribution in [1.82, 2.24) is 4.72 Å². The molecule has 0 amide bonds. The Kier molecular flexibility index (Phi) is 7.28. The van der Waals surface area contributed by atoms with E-state index in [0.717, 1.165) is 7.11 Å². The quantitative estimate of drug-likeness (QED) is 0.540. The van der Waals surface area contributed by atoms with Gasteiger partial charge in [0.1, 0.15) is 0 Å². The summed E-state index contributed by atoms with van der Waals surface area (Å²) in [5.41, 5.74) is 0. The van der Waals surface area contributed by atoms with Crippen LogP contribution < -0.4 is 4.72 Å². The van der Waals surface area contributed by atoms with Crippen LogP contribution >= 0.6 is 0 Å². The Bertz CT molecular complexity index is 326. The number of esters is 1. The van der Waals surface area contributed by atoms with Gasteiger partial charge in [-0.25, -0.2) is 17.9 Å². The molecule has 0 heterocycles. The average Bonchev–Trinajstić information content (AvgIpc) is 2.24. The lowest BCUT2D eigenvalue weighted by atomic mass is 10.4. The number of sulfonamides is 1. The van der Waals surface area contributed by atoms with Gasteiger partial charge >= 0.3 is 5.97 Å². The average molecular weight is 269 g/mol. The van der Waals surface area contributed by atoms with Gasteiger partial charge < -0.3 is 14.6 Å². The minimum atomic E-state index is -3.56. The van der Waals surface area contributed by atoms with Crippen molar-refractivity contribution >= 4 is 16.0 Å². The van der Waals surface area contributed by atoms with Gasteiger partial charge in [-0.2, -0.15) is 0 Å². The minimum Gasteiger partial charge on any atom is -0.467 e. The summed E-state index contributed by atoms with van der Waals surface area (Å²) in [6.07, 6.45) is -1.55. The van der Waals surface area contributed by atoms with Crippen LogP contribution in [0.4, 0.5) is 0 Å². The molecule has 0 aliphatic heterocycles. The molecule has 17 heavy (non-hydrogen) atoms. The zero-order valence-electron chi connectivity index (χ0n) is 10.2. The summed E-state index contributed by atoms with van der Waals surface area (Å²) in [6.45, 7) is 3.24. The monoisotopic (exact) mass is 269 g/mol. The van der Waals surface area contributed by atoms with Crippen LogP contribution in [-0.4, -0.2) is 57.7 Å². The number of aliphatic hydroxyl groups excluding tert-OH is 1. The number of ether oxygens (including phenoxy) is 2. The fraction of sp³-hybridized carbons (Fsp3) is 0.889. The van der Waals surface area contributed by atoms with Crippen LogP contribution in [0.3, 0.4) is 0 Å². The molecule has 1 unspecified atom stereocenters. The van der Waals surface area contributed by atoms with Gasteiger partial charge in [0.05, 0.1) is 25.6 Å². The van der Waals surface area contributed by atoms with Crippen LogP contribution in [0.1, 0.15) is 13.8 Å². The number of nitrogens with one attached hydrogen (secondary N) is 1. The second-order valence-corrected chi connectivity index (χ2v) is 5.55. The Morgan fingerprint density at radius 3 is 2.47 bits per heavy atom. The van der Waals surface area contributed by atoms with Gasteiger partial charge in [0.2, 0.25) is 10.0 Å². The summed E-state index contributed by atoms with van der Waals surface area (Å²) in [7, 11) is -2.45. The first-order valence-electron chi connectivity index (χ1n) is 5.13. The van der Waals surface area contributed by atoms with E-state index in [-0.39, 0.29) is 18.5 Å². The molecule has 0 saturated heterocycles. The highest BCUT2D eigenvalue weighted by molar-refractivity contribution is 7.89. The molecule has 0 fully saturated rings. The van der Waals surface area contributed by atoms with Crippen molar-refractivity contribution in [2.24, 2.45) is 0 Å². The predicted octanol–water partition coefficient (Wildman–Crippen LogP) is -1.14. The van der Waals surface area contributed by atoms with Crippen LogP contribution in [0.5, 0.6) is 0 Å². The lowest BCUT2D eigenvalue weighted by molar-refractivity contribution is -0.149. The molecule has 1 atom stereocenters. The summed E-state index contributed by atoms with van der Waals surface area (Å²) in [5.74, 6) is -1.11. The highest BCUT2D eigenvalue weighted by atomic mass is 32.2. The predicted molar refractivity (Wildman–Crippen MR) is 60.9 cm³/mol. The zero-order valence-corrected chi connectivity index (χ0v) is 11.0. The van der Waals surface area contributed by atoms with Gasteiger partial charge in [0.25, 0.3) is 0 Å². The molecule has 8 heteroatoms. The molecule has 0 aromatic carbocycles. The maximum Gasteiger partial charge on any atom is 0.336 e. The molecule has 0 radical (unpaired) electrons. The van der Waals surface area contributed by atoms with Crippen molar-refractivity contribution in [3.63, 3.8) is 0 Å². The van der Waals surface area contributed by atoms with E-state index in [4.69, 9.17) is 9.84 Å². The summed E-state index contributed by atoms with van der Waals surface area (Å²) in [5, 5.41) is 9.16. The second kappa shape index (κ2) is 7.59. The fourth-order valence-electron chi connectivity index (χ4n) is 0.891. The number of hydrogen-bond donors (Lipinski definition) is 2. The molecule has 0 aliphatic rings. The third kappa shape index (κ3) is 8.08. The van der Waals surface area contributed by atoms with Gasteiger partial charge in [-0.05, 0) is 13.8 Å². The first-order chi connectivity index (χ1) is 7.78. The maximum absolute atomic E-state index is 11.4. The summed E-state index contributed by atoms with van der Waals surface area (Å²) in [6, 6.07) is 0. The van der Waals surface area contributed by atoms with Crippen molar-refractivity contribution in [3.8, 4) is 0 Å². The molecule has 0 bridgehead atoms. The third-order valence-corrected chi connectivity index (χ3v) is 3.08. The molecule has 2 N–H and O–H groups in total. The van der Waals surface area contributed by atoms with Crippen molar-refractivity contribution in [2.45, 2.75) is 26.1 Å². The van der Waals surface area contributed by atoms with E-state index in [9.17, 15) is 13.2 Å². The van der Waals surface area contributed by atoms with Gasteiger partial charge in [-0.15, -0.1) is 0 Å². The first kappa shape index (κ1) is 16.3. The molecule has 0 rings (SSSR count). The molecular weight excluding hydrogens is 250 g/mol. The number of hydrogen-bond acceptors (Lipinski definition) is 6. The Morgan fingerprint density at radius 1 is 1.41 bits per heavy atom. The second-order valence-electron chi connectivity index (χ2n) is 3.63. The SMILES string of the molecule is COC(=O)C(O)CNS(=O)(=O)CCOC(C)C. The Hall–Kier alpha value is -0.700. The van der Waals surface area contributed by atoms with E-state index in [1.54, 1.807) is 13.8 Å². The standard InChI is InChI=1S/C9H19NO6S/c1-7(2)16-4-5-17(13,14)10-6-8(11)9(12)15-3/h7-8,10-11H,4-6H2,1-3H3. The first-order valence-corrected chi connectivity index (χ1v) is 6.78. The molecule has 102 valence electrons. The van der Waals surface area contributed by atoms with Crippen LogP contribution in [0.15, 0.2) is 0 Å². The molecular formula is C9H19NO6S. The smallest absolute Gasteiger partial charge is 0.336 e. The van der Waals surface area contributed by atoms with Crippen LogP contribution in [0.25, 0.3) is 0 Å². The lowest BCUT2D eigenvalue weighted by Crippen LogP contribution is -2.39. The van der Waals surface area contributed by atoms with E-state index in [1.165, 1.54) is 0 Å². The molecule has 0 spiro atoms. The number of carbonyl (C=O) groups excluding carboxylic acids is 1. The highest BCUT2D eigenvalue weighted by Gasteiger charge is 2.18. The van der Waals surface area contributed by atoms with E-state index < -0.39 is 28.6 Å². The Labute approximate surface area is 101 Å². The number of carbonyl (C=O) groups is 1. The highest BCUT2D eigenvalue weighted by Crippen LogP contribution is 1.92. The fourth-order valence-corrected chi connectivity index (χ4v) is 1.76. The van der Waals surface area contributed by atoms with Crippen LogP contribution in [0, 0.1) is 0 Å². The van der Waals surface area contributed by atoms with Crippen molar-refractivity contribution in [3.05, 3.63) is 0 Å². The number of aliphatic hydroxyl groups is 1.